The highest BCUT2D eigenvalue weighted by atomic mass is 32.2. The fourth-order valence-corrected chi connectivity index (χ4v) is 3.57. The van der Waals surface area contributed by atoms with Crippen LogP contribution in [0.25, 0.3) is 0 Å². The van der Waals surface area contributed by atoms with Crippen molar-refractivity contribution in [2.45, 2.75) is 30.6 Å². The molecule has 1 aromatic rings. The van der Waals surface area contributed by atoms with Crippen molar-refractivity contribution in [1.82, 2.24) is 0 Å². The lowest BCUT2D eigenvalue weighted by atomic mass is 9.85. The summed E-state index contributed by atoms with van der Waals surface area (Å²) < 4.78 is 23.5. The Morgan fingerprint density at radius 3 is 2.45 bits per heavy atom. The summed E-state index contributed by atoms with van der Waals surface area (Å²) in [5.74, 6) is -0.173. The number of nitrogens with one attached hydrogen (secondary N) is 1. The smallest absolute Gasteiger partial charge is 0.231 e. The van der Waals surface area contributed by atoms with Gasteiger partial charge in [0.05, 0.1) is 16.0 Å². The van der Waals surface area contributed by atoms with Crippen LogP contribution in [0.4, 0.5) is 5.69 Å². The van der Waals surface area contributed by atoms with Crippen LogP contribution in [-0.4, -0.2) is 27.1 Å². The summed E-state index contributed by atoms with van der Waals surface area (Å²) in [5, 5.41) is 2.75. The van der Waals surface area contributed by atoms with Gasteiger partial charge in [0.1, 0.15) is 0 Å². The largest absolute Gasteiger partial charge is 0.329 e. The number of anilines is 1. The number of benzene rings is 1. The fraction of sp³-hybridized carbons (Fsp3) is 0.500. The fourth-order valence-electron chi connectivity index (χ4n) is 2.72. The van der Waals surface area contributed by atoms with E-state index in [1.165, 1.54) is 6.07 Å². The molecule has 1 aliphatic carbocycles. The molecular weight excluding hydrogens is 276 g/mol. The van der Waals surface area contributed by atoms with E-state index in [4.69, 9.17) is 5.73 Å². The van der Waals surface area contributed by atoms with Crippen molar-refractivity contribution in [3.8, 4) is 0 Å². The summed E-state index contributed by atoms with van der Waals surface area (Å²) in [6, 6.07) is 6.44. The van der Waals surface area contributed by atoms with Crippen LogP contribution in [0.2, 0.25) is 0 Å². The maximum absolute atomic E-state index is 12.5. The number of carbonyl (C=O) groups is 1. The predicted octanol–water partition coefficient (Wildman–Crippen LogP) is 1.55. The van der Waals surface area contributed by atoms with Gasteiger partial charge < -0.3 is 11.1 Å². The number of hydrogen-bond acceptors (Lipinski definition) is 4. The number of carbonyl (C=O) groups excluding carboxylic acids is 1. The highest BCUT2D eigenvalue weighted by molar-refractivity contribution is 7.90. The zero-order valence-corrected chi connectivity index (χ0v) is 12.4. The highest BCUT2D eigenvalue weighted by Gasteiger charge is 2.40. The molecule has 0 saturated heterocycles. The Labute approximate surface area is 119 Å². The average molecular weight is 296 g/mol. The second-order valence-corrected chi connectivity index (χ2v) is 7.40. The molecule has 0 unspecified atom stereocenters. The van der Waals surface area contributed by atoms with Gasteiger partial charge in [0.15, 0.2) is 9.84 Å². The van der Waals surface area contributed by atoms with Crippen molar-refractivity contribution in [2.75, 3.05) is 18.1 Å². The van der Waals surface area contributed by atoms with Gasteiger partial charge in [-0.15, -0.1) is 0 Å². The molecule has 0 bridgehead atoms. The first-order valence-electron chi connectivity index (χ1n) is 6.70. The van der Waals surface area contributed by atoms with Crippen molar-refractivity contribution < 1.29 is 13.2 Å². The first-order valence-corrected chi connectivity index (χ1v) is 8.59. The SMILES string of the molecule is CS(=O)(=O)c1ccccc1NC(=O)C1(CN)CCCC1. The zero-order valence-electron chi connectivity index (χ0n) is 11.6. The van der Waals surface area contributed by atoms with E-state index in [9.17, 15) is 13.2 Å². The number of sulfone groups is 1. The molecule has 3 N–H and O–H groups in total. The second-order valence-electron chi connectivity index (χ2n) is 5.41. The summed E-state index contributed by atoms with van der Waals surface area (Å²) >= 11 is 0. The van der Waals surface area contributed by atoms with Gasteiger partial charge in [0, 0.05) is 12.8 Å². The molecule has 1 fully saturated rings. The minimum atomic E-state index is -3.38. The van der Waals surface area contributed by atoms with Crippen LogP contribution in [0.1, 0.15) is 25.7 Å². The van der Waals surface area contributed by atoms with Gasteiger partial charge in [0.25, 0.3) is 0 Å². The molecule has 0 heterocycles. The molecule has 20 heavy (non-hydrogen) atoms. The molecular formula is C14H20N2O3S. The molecule has 1 aliphatic rings. The Hall–Kier alpha value is -1.40. The van der Waals surface area contributed by atoms with E-state index in [0.717, 1.165) is 31.9 Å². The highest BCUT2D eigenvalue weighted by Crippen LogP contribution is 2.38. The summed E-state index contributed by atoms with van der Waals surface area (Å²) in [6.07, 6.45) is 4.62. The van der Waals surface area contributed by atoms with Crippen LogP contribution < -0.4 is 11.1 Å². The summed E-state index contributed by atoms with van der Waals surface area (Å²) in [6.45, 7) is 0.292. The number of amides is 1. The molecule has 110 valence electrons. The summed E-state index contributed by atoms with van der Waals surface area (Å²) in [7, 11) is -3.38. The van der Waals surface area contributed by atoms with Gasteiger partial charge in [-0.3, -0.25) is 4.79 Å². The average Bonchev–Trinajstić information content (AvgIpc) is 2.88. The van der Waals surface area contributed by atoms with E-state index in [1.807, 2.05) is 0 Å². The van der Waals surface area contributed by atoms with E-state index in [-0.39, 0.29) is 10.8 Å². The Morgan fingerprint density at radius 1 is 1.30 bits per heavy atom. The topological polar surface area (TPSA) is 89.3 Å². The molecule has 0 aromatic heterocycles. The van der Waals surface area contributed by atoms with Crippen LogP contribution in [0, 0.1) is 5.41 Å². The van der Waals surface area contributed by atoms with Crippen molar-refractivity contribution in [3.63, 3.8) is 0 Å². The van der Waals surface area contributed by atoms with Crippen LogP contribution >= 0.6 is 0 Å². The quantitative estimate of drug-likeness (QED) is 0.882. The number of nitrogens with two attached hydrogens (primary N) is 1. The zero-order chi connectivity index (χ0) is 14.8. The van der Waals surface area contributed by atoms with Gasteiger partial charge in [-0.2, -0.15) is 0 Å². The monoisotopic (exact) mass is 296 g/mol. The lowest BCUT2D eigenvalue weighted by Crippen LogP contribution is -2.40. The van der Waals surface area contributed by atoms with Crippen LogP contribution in [-0.2, 0) is 14.6 Å². The first-order chi connectivity index (χ1) is 9.39. The van der Waals surface area contributed by atoms with Gasteiger partial charge >= 0.3 is 0 Å². The summed E-state index contributed by atoms with van der Waals surface area (Å²) in [5.41, 5.74) is 5.55. The second kappa shape index (κ2) is 5.54. The molecule has 0 spiro atoms. The first kappa shape index (κ1) is 15.0. The minimum Gasteiger partial charge on any atom is -0.329 e. The molecule has 5 nitrogen and oxygen atoms in total. The maximum atomic E-state index is 12.5. The van der Waals surface area contributed by atoms with Crippen molar-refractivity contribution in [1.29, 1.82) is 0 Å². The van der Waals surface area contributed by atoms with Gasteiger partial charge in [-0.1, -0.05) is 25.0 Å². The van der Waals surface area contributed by atoms with Crippen LogP contribution in [0.5, 0.6) is 0 Å². The standard InChI is InChI=1S/C14H20N2O3S/c1-20(18,19)12-7-3-2-6-11(12)16-13(17)14(10-15)8-4-5-9-14/h2-3,6-7H,4-5,8-10,15H2,1H3,(H,16,17). The lowest BCUT2D eigenvalue weighted by Gasteiger charge is -2.26. The molecule has 6 heteroatoms. The molecule has 1 saturated carbocycles. The van der Waals surface area contributed by atoms with Gasteiger partial charge in [-0.05, 0) is 25.0 Å². The number of hydrogen-bond donors (Lipinski definition) is 2. The number of rotatable bonds is 4. The molecule has 1 amide bonds. The van der Waals surface area contributed by atoms with Crippen molar-refractivity contribution >= 4 is 21.4 Å². The lowest BCUT2D eigenvalue weighted by molar-refractivity contribution is -0.124. The van der Waals surface area contributed by atoms with E-state index >= 15 is 0 Å². The maximum Gasteiger partial charge on any atom is 0.231 e. The predicted molar refractivity (Wildman–Crippen MR) is 78.1 cm³/mol. The number of para-hydroxylation sites is 1. The molecule has 1 aromatic carbocycles. The minimum absolute atomic E-state index is 0.138. The Balaban J connectivity index is 2.29. The Kier molecular flexibility index (Phi) is 4.15. The van der Waals surface area contributed by atoms with E-state index in [1.54, 1.807) is 18.2 Å². The molecule has 0 atom stereocenters. The van der Waals surface area contributed by atoms with Crippen LogP contribution in [0.15, 0.2) is 29.2 Å². The Bertz CT molecular complexity index is 605. The van der Waals surface area contributed by atoms with E-state index in [0.29, 0.717) is 12.2 Å². The van der Waals surface area contributed by atoms with Crippen LogP contribution in [0.3, 0.4) is 0 Å². The van der Waals surface area contributed by atoms with Crippen molar-refractivity contribution in [2.24, 2.45) is 11.1 Å². The van der Waals surface area contributed by atoms with E-state index in [2.05, 4.69) is 5.32 Å². The third-order valence-corrected chi connectivity index (χ3v) is 5.12. The third-order valence-electron chi connectivity index (χ3n) is 3.97. The van der Waals surface area contributed by atoms with Gasteiger partial charge in [-0.25, -0.2) is 8.42 Å². The Morgan fingerprint density at radius 2 is 1.90 bits per heavy atom. The summed E-state index contributed by atoms with van der Waals surface area (Å²) in [4.78, 5) is 12.6. The third kappa shape index (κ3) is 2.86. The van der Waals surface area contributed by atoms with E-state index < -0.39 is 15.3 Å². The molecule has 2 rings (SSSR count). The molecule has 0 aliphatic heterocycles. The normalized spacial score (nSPS) is 17.9. The van der Waals surface area contributed by atoms with Gasteiger partial charge in [0.2, 0.25) is 5.91 Å². The molecule has 0 radical (unpaired) electrons. The van der Waals surface area contributed by atoms with Crippen molar-refractivity contribution in [3.05, 3.63) is 24.3 Å².